The van der Waals surface area contributed by atoms with Crippen LogP contribution in [0, 0.1) is 0 Å². The molecule has 10 heavy (non-hydrogen) atoms. The summed E-state index contributed by atoms with van der Waals surface area (Å²) in [6.07, 6.45) is 1.52. The zero-order valence-corrected chi connectivity index (χ0v) is 7.43. The summed E-state index contributed by atoms with van der Waals surface area (Å²) in [5, 5.41) is 0. The van der Waals surface area contributed by atoms with Gasteiger partial charge in [0.1, 0.15) is 0 Å². The molecule has 0 saturated carbocycles. The third-order valence-corrected chi connectivity index (χ3v) is 2.50. The average molecular weight is 166 g/mol. The fourth-order valence-electron chi connectivity index (χ4n) is 0.505. The summed E-state index contributed by atoms with van der Waals surface area (Å²) in [7, 11) is 2.43. The lowest BCUT2D eigenvalue weighted by atomic mass is 10.8. The molecular weight excluding hydrogens is 151 g/mol. The van der Waals surface area contributed by atoms with E-state index < -0.39 is 8.15 Å². The first-order valence-electron chi connectivity index (χ1n) is 3.23. The quantitative estimate of drug-likeness (QED) is 0.589. The van der Waals surface area contributed by atoms with Crippen LogP contribution in [0.25, 0.3) is 0 Å². The molecule has 0 aliphatic carbocycles. The van der Waals surface area contributed by atoms with Crippen molar-refractivity contribution in [2.75, 3.05) is 39.8 Å². The summed E-state index contributed by atoms with van der Waals surface area (Å²) in [6, 6.07) is 0. The summed E-state index contributed by atoms with van der Waals surface area (Å²) in [6.45, 7) is 1.29. The Morgan fingerprint density at radius 1 is 1.10 bits per heavy atom. The highest BCUT2D eigenvalue weighted by Gasteiger charge is 2.01. The molecule has 0 unspecified atom stereocenters. The minimum Gasteiger partial charge on any atom is -0.384 e. The molecule has 0 spiro atoms. The molecule has 4 heteroatoms. The largest absolute Gasteiger partial charge is 0.384 e. The van der Waals surface area contributed by atoms with E-state index in [0.717, 1.165) is 12.3 Å². The maximum absolute atomic E-state index is 9.22. The van der Waals surface area contributed by atoms with Gasteiger partial charge in [0.25, 0.3) is 0 Å². The van der Waals surface area contributed by atoms with E-state index in [-0.39, 0.29) is 0 Å². The highest BCUT2D eigenvalue weighted by atomic mass is 31.1. The van der Waals surface area contributed by atoms with Crippen molar-refractivity contribution >= 4 is 8.15 Å². The summed E-state index contributed by atoms with van der Waals surface area (Å²) in [4.78, 5) is 9.22. The van der Waals surface area contributed by atoms with Gasteiger partial charge in [0, 0.05) is 34.7 Å². The molecule has 0 aromatic rings. The van der Waals surface area contributed by atoms with Gasteiger partial charge in [-0.25, -0.2) is 0 Å². The molecular formula is C6H15O3P. The molecule has 3 nitrogen and oxygen atoms in total. The molecule has 0 amide bonds. The molecule has 0 aromatic carbocycles. The molecule has 0 atom stereocenters. The van der Waals surface area contributed by atoms with E-state index in [9.17, 15) is 4.89 Å². The topological polar surface area (TPSA) is 38.7 Å². The second-order valence-electron chi connectivity index (χ2n) is 1.94. The van der Waals surface area contributed by atoms with Crippen LogP contribution in [0.15, 0.2) is 0 Å². The lowest BCUT2D eigenvalue weighted by molar-refractivity contribution is 0.211. The van der Waals surface area contributed by atoms with Crippen LogP contribution >= 0.6 is 8.15 Å². The maximum Gasteiger partial charge on any atom is 0.0522 e. The van der Waals surface area contributed by atoms with Gasteiger partial charge in [0.2, 0.25) is 0 Å². The van der Waals surface area contributed by atoms with Gasteiger partial charge < -0.3 is 14.4 Å². The highest BCUT2D eigenvalue weighted by molar-refractivity contribution is 7.51. The average Bonchev–Trinajstić information content (AvgIpc) is 1.97. The van der Waals surface area contributed by atoms with Crippen molar-refractivity contribution < 1.29 is 14.4 Å². The first-order valence-corrected chi connectivity index (χ1v) is 4.89. The molecule has 0 rings (SSSR count). The molecule has 1 N–H and O–H groups in total. The van der Waals surface area contributed by atoms with Crippen LogP contribution in [0.5, 0.6) is 0 Å². The predicted octanol–water partition coefficient (Wildman–Crippen LogP) is 0.668. The van der Waals surface area contributed by atoms with Gasteiger partial charge in [-0.3, -0.25) is 0 Å². The Labute approximate surface area is 63.2 Å². The van der Waals surface area contributed by atoms with Crippen molar-refractivity contribution in [1.29, 1.82) is 0 Å². The fourth-order valence-corrected chi connectivity index (χ4v) is 1.52. The molecule has 0 aliphatic rings. The van der Waals surface area contributed by atoms with E-state index in [1.165, 1.54) is 0 Å². The van der Waals surface area contributed by atoms with E-state index in [1.54, 1.807) is 14.2 Å². The van der Waals surface area contributed by atoms with Crippen LogP contribution in [-0.2, 0) is 9.47 Å². The normalized spacial score (nSPS) is 10.8. The third kappa shape index (κ3) is 6.43. The molecule has 0 radical (unpaired) electrons. The monoisotopic (exact) mass is 166 g/mol. The van der Waals surface area contributed by atoms with E-state index in [2.05, 4.69) is 0 Å². The van der Waals surface area contributed by atoms with E-state index >= 15 is 0 Å². The highest BCUT2D eigenvalue weighted by Crippen LogP contribution is 2.27. The van der Waals surface area contributed by atoms with Gasteiger partial charge in [0.15, 0.2) is 0 Å². The van der Waals surface area contributed by atoms with Crippen LogP contribution < -0.4 is 0 Å². The van der Waals surface area contributed by atoms with Crippen LogP contribution in [0.4, 0.5) is 0 Å². The fraction of sp³-hybridized carbons (Fsp3) is 1.00. The molecule has 0 heterocycles. The molecule has 0 saturated heterocycles. The Morgan fingerprint density at radius 3 is 1.80 bits per heavy atom. The Kier molecular flexibility index (Phi) is 7.65. The first kappa shape index (κ1) is 10.3. The number of hydrogen-bond acceptors (Lipinski definition) is 3. The molecule has 0 bridgehead atoms. The zero-order valence-electron chi connectivity index (χ0n) is 6.54. The van der Waals surface area contributed by atoms with Gasteiger partial charge >= 0.3 is 0 Å². The van der Waals surface area contributed by atoms with E-state index in [1.807, 2.05) is 0 Å². The molecule has 0 fully saturated rings. The van der Waals surface area contributed by atoms with Crippen molar-refractivity contribution in [3.8, 4) is 0 Å². The number of ether oxygens (including phenoxy) is 2. The van der Waals surface area contributed by atoms with Gasteiger partial charge in [-0.2, -0.15) is 0 Å². The standard InChI is InChI=1S/C6H15O3P/c1-8-3-5-10(7)6-4-9-2/h7H,3-6H2,1-2H3. The smallest absolute Gasteiger partial charge is 0.0522 e. The summed E-state index contributed by atoms with van der Waals surface area (Å²) < 4.78 is 9.62. The van der Waals surface area contributed by atoms with Crippen molar-refractivity contribution in [3.05, 3.63) is 0 Å². The number of rotatable bonds is 6. The number of hydrogen-bond donors (Lipinski definition) is 1. The zero-order chi connectivity index (χ0) is 7.82. The van der Waals surface area contributed by atoms with Gasteiger partial charge in [-0.15, -0.1) is 0 Å². The lowest BCUT2D eigenvalue weighted by Gasteiger charge is -2.07. The maximum atomic E-state index is 9.22. The van der Waals surface area contributed by atoms with Crippen molar-refractivity contribution in [1.82, 2.24) is 0 Å². The minimum atomic E-state index is -0.842. The Bertz CT molecular complexity index is 62.0. The molecule has 0 aliphatic heterocycles. The van der Waals surface area contributed by atoms with Gasteiger partial charge in [-0.1, -0.05) is 0 Å². The summed E-state index contributed by atoms with van der Waals surface area (Å²) in [5.41, 5.74) is 0. The van der Waals surface area contributed by atoms with Gasteiger partial charge in [0.05, 0.1) is 13.2 Å². The van der Waals surface area contributed by atoms with Crippen molar-refractivity contribution in [2.45, 2.75) is 0 Å². The summed E-state index contributed by atoms with van der Waals surface area (Å²) in [5.74, 6) is 0. The SMILES string of the molecule is COCCP(O)CCOC. The van der Waals surface area contributed by atoms with Gasteiger partial charge in [-0.05, 0) is 0 Å². The van der Waals surface area contributed by atoms with Crippen LogP contribution in [-0.4, -0.2) is 44.7 Å². The molecule has 62 valence electrons. The Hall–Kier alpha value is 0.310. The Morgan fingerprint density at radius 2 is 1.50 bits per heavy atom. The van der Waals surface area contributed by atoms with Crippen LogP contribution in [0.3, 0.4) is 0 Å². The first-order chi connectivity index (χ1) is 4.81. The molecule has 0 aromatic heterocycles. The van der Waals surface area contributed by atoms with E-state index in [4.69, 9.17) is 9.47 Å². The second-order valence-corrected chi connectivity index (χ2v) is 3.85. The minimum absolute atomic E-state index is 0.645. The van der Waals surface area contributed by atoms with Crippen LogP contribution in [0.1, 0.15) is 0 Å². The second kappa shape index (κ2) is 7.42. The Balaban J connectivity index is 3.00. The lowest BCUT2D eigenvalue weighted by Crippen LogP contribution is -2.00. The third-order valence-electron chi connectivity index (χ3n) is 1.11. The number of methoxy groups -OCH3 is 2. The van der Waals surface area contributed by atoms with Crippen molar-refractivity contribution in [2.24, 2.45) is 0 Å². The summed E-state index contributed by atoms with van der Waals surface area (Å²) >= 11 is 0. The van der Waals surface area contributed by atoms with Crippen molar-refractivity contribution in [3.63, 3.8) is 0 Å². The van der Waals surface area contributed by atoms with Crippen LogP contribution in [0.2, 0.25) is 0 Å². The predicted molar refractivity (Wildman–Crippen MR) is 42.6 cm³/mol. The van der Waals surface area contributed by atoms with E-state index in [0.29, 0.717) is 13.2 Å².